The summed E-state index contributed by atoms with van der Waals surface area (Å²) < 4.78 is 0. The number of amides is 2. The number of hydrogen-bond acceptors (Lipinski definition) is 6. The molecule has 1 saturated heterocycles. The summed E-state index contributed by atoms with van der Waals surface area (Å²) in [7, 11) is 0. The summed E-state index contributed by atoms with van der Waals surface area (Å²) >= 11 is 1.63. The average Bonchev–Trinajstić information content (AvgIpc) is 3.22. The summed E-state index contributed by atoms with van der Waals surface area (Å²) in [5, 5.41) is 6.66. The maximum absolute atomic E-state index is 12.5. The summed E-state index contributed by atoms with van der Waals surface area (Å²) in [5.74, 6) is 0.653. The normalized spacial score (nSPS) is 15.4. The standard InChI is InChI=1S/C22H28N6O2S/c1-22(2,3)20-24-15(14-31-20)12-23-21(30)28-10-8-27(9-11-28)13-18-25-17-7-5-4-6-16(17)19(29)26-18/h4-7,14H,8-13H2,1-3H3,(H,23,30)(H,25,26,29). The predicted octanol–water partition coefficient (Wildman–Crippen LogP) is 2.70. The van der Waals surface area contributed by atoms with Crippen LogP contribution < -0.4 is 10.9 Å². The number of piperazine rings is 1. The Morgan fingerprint density at radius 3 is 2.61 bits per heavy atom. The second kappa shape index (κ2) is 8.76. The fraction of sp³-hybridized carbons (Fsp3) is 0.455. The first-order valence-corrected chi connectivity index (χ1v) is 11.4. The zero-order valence-corrected chi connectivity index (χ0v) is 19.0. The average molecular weight is 441 g/mol. The van der Waals surface area contributed by atoms with Gasteiger partial charge in [-0.2, -0.15) is 0 Å². The number of rotatable bonds is 4. The van der Waals surface area contributed by atoms with Crippen LogP contribution in [-0.4, -0.2) is 57.0 Å². The molecule has 1 aliphatic heterocycles. The highest BCUT2D eigenvalue weighted by Crippen LogP contribution is 2.25. The van der Waals surface area contributed by atoms with Crippen molar-refractivity contribution in [2.45, 2.75) is 39.3 Å². The monoisotopic (exact) mass is 440 g/mol. The highest BCUT2D eigenvalue weighted by molar-refractivity contribution is 7.09. The van der Waals surface area contributed by atoms with E-state index in [1.54, 1.807) is 17.4 Å². The van der Waals surface area contributed by atoms with E-state index in [1.807, 2.05) is 28.5 Å². The van der Waals surface area contributed by atoms with Crippen LogP contribution in [0.1, 0.15) is 37.3 Å². The number of nitrogens with zero attached hydrogens (tertiary/aromatic N) is 4. The minimum atomic E-state index is -0.115. The maximum Gasteiger partial charge on any atom is 0.317 e. The second-order valence-corrected chi connectivity index (χ2v) is 9.70. The van der Waals surface area contributed by atoms with E-state index >= 15 is 0 Å². The van der Waals surface area contributed by atoms with E-state index in [4.69, 9.17) is 0 Å². The molecule has 0 atom stereocenters. The van der Waals surface area contributed by atoms with Crippen LogP contribution in [0.3, 0.4) is 0 Å². The van der Waals surface area contributed by atoms with Gasteiger partial charge >= 0.3 is 6.03 Å². The van der Waals surface area contributed by atoms with Gasteiger partial charge in [0, 0.05) is 37.0 Å². The first-order valence-electron chi connectivity index (χ1n) is 10.5. The Morgan fingerprint density at radius 1 is 1.16 bits per heavy atom. The molecule has 0 spiro atoms. The zero-order chi connectivity index (χ0) is 22.0. The largest absolute Gasteiger partial charge is 0.332 e. The minimum Gasteiger partial charge on any atom is -0.332 e. The van der Waals surface area contributed by atoms with E-state index in [0.717, 1.165) is 23.8 Å². The number of para-hydroxylation sites is 1. The van der Waals surface area contributed by atoms with Gasteiger partial charge in [-0.1, -0.05) is 32.9 Å². The lowest BCUT2D eigenvalue weighted by Gasteiger charge is -2.34. The SMILES string of the molecule is CC(C)(C)c1nc(CNC(=O)N2CCN(Cc3nc4ccccc4c(=O)[nH]3)CC2)cs1. The fourth-order valence-corrected chi connectivity index (χ4v) is 4.45. The molecule has 0 unspecified atom stereocenters. The molecule has 164 valence electrons. The molecule has 1 aromatic carbocycles. The smallest absolute Gasteiger partial charge is 0.317 e. The molecule has 0 radical (unpaired) electrons. The fourth-order valence-electron chi connectivity index (χ4n) is 3.54. The van der Waals surface area contributed by atoms with Crippen molar-refractivity contribution in [3.8, 4) is 0 Å². The molecule has 4 rings (SSSR count). The van der Waals surface area contributed by atoms with E-state index in [0.29, 0.717) is 42.9 Å². The quantitative estimate of drug-likeness (QED) is 0.651. The lowest BCUT2D eigenvalue weighted by atomic mass is 9.98. The molecular weight excluding hydrogens is 412 g/mol. The number of fused-ring (bicyclic) bond motifs is 1. The van der Waals surface area contributed by atoms with Gasteiger partial charge in [0.05, 0.1) is 34.7 Å². The molecular formula is C22H28N6O2S. The number of carbonyl (C=O) groups is 1. The number of nitrogens with one attached hydrogen (secondary N) is 2. The van der Waals surface area contributed by atoms with Crippen LogP contribution in [0.4, 0.5) is 4.79 Å². The van der Waals surface area contributed by atoms with E-state index in [1.165, 1.54) is 0 Å². The van der Waals surface area contributed by atoms with Crippen LogP contribution in [0.2, 0.25) is 0 Å². The Bertz CT molecular complexity index is 1120. The number of thiazole rings is 1. The third-order valence-corrected chi connectivity index (χ3v) is 6.63. The van der Waals surface area contributed by atoms with E-state index < -0.39 is 0 Å². The minimum absolute atomic E-state index is 0.0213. The summed E-state index contributed by atoms with van der Waals surface area (Å²) in [5.41, 5.74) is 1.51. The lowest BCUT2D eigenvalue weighted by Crippen LogP contribution is -2.51. The predicted molar refractivity (Wildman–Crippen MR) is 122 cm³/mol. The highest BCUT2D eigenvalue weighted by atomic mass is 32.1. The number of aromatic nitrogens is 3. The number of H-pyrrole nitrogens is 1. The third kappa shape index (κ3) is 5.11. The van der Waals surface area contributed by atoms with Gasteiger partial charge in [0.15, 0.2) is 0 Å². The molecule has 3 heterocycles. The van der Waals surface area contributed by atoms with Crippen molar-refractivity contribution in [1.82, 2.24) is 30.1 Å². The molecule has 0 bridgehead atoms. The van der Waals surface area contributed by atoms with E-state index in [-0.39, 0.29) is 17.0 Å². The molecule has 31 heavy (non-hydrogen) atoms. The molecule has 0 saturated carbocycles. The van der Waals surface area contributed by atoms with Crippen molar-refractivity contribution in [2.75, 3.05) is 26.2 Å². The van der Waals surface area contributed by atoms with Gasteiger partial charge in [0.2, 0.25) is 0 Å². The molecule has 2 aromatic heterocycles. The Balaban J connectivity index is 1.28. The highest BCUT2D eigenvalue weighted by Gasteiger charge is 2.22. The van der Waals surface area contributed by atoms with Crippen molar-refractivity contribution in [3.63, 3.8) is 0 Å². The number of hydrogen-bond donors (Lipinski definition) is 2. The van der Waals surface area contributed by atoms with Crippen LogP contribution in [0.25, 0.3) is 10.9 Å². The molecule has 2 amide bonds. The van der Waals surface area contributed by atoms with Crippen molar-refractivity contribution in [3.05, 3.63) is 56.5 Å². The van der Waals surface area contributed by atoms with Crippen molar-refractivity contribution < 1.29 is 4.79 Å². The van der Waals surface area contributed by atoms with Crippen molar-refractivity contribution in [1.29, 1.82) is 0 Å². The van der Waals surface area contributed by atoms with Crippen LogP contribution in [0.15, 0.2) is 34.4 Å². The zero-order valence-electron chi connectivity index (χ0n) is 18.1. The lowest BCUT2D eigenvalue weighted by molar-refractivity contribution is 0.133. The van der Waals surface area contributed by atoms with E-state index in [2.05, 4.69) is 45.9 Å². The third-order valence-electron chi connectivity index (χ3n) is 5.31. The van der Waals surface area contributed by atoms with Gasteiger partial charge in [0.1, 0.15) is 5.82 Å². The van der Waals surface area contributed by atoms with Gasteiger partial charge in [-0.05, 0) is 12.1 Å². The molecule has 9 heteroatoms. The van der Waals surface area contributed by atoms with Crippen LogP contribution >= 0.6 is 11.3 Å². The van der Waals surface area contributed by atoms with Gasteiger partial charge in [-0.25, -0.2) is 14.8 Å². The Labute approximate surface area is 185 Å². The molecule has 2 N–H and O–H groups in total. The van der Waals surface area contributed by atoms with Crippen LogP contribution in [0, 0.1) is 0 Å². The summed E-state index contributed by atoms with van der Waals surface area (Å²) in [6, 6.07) is 7.27. The summed E-state index contributed by atoms with van der Waals surface area (Å²) in [4.78, 5) is 40.9. The molecule has 0 aliphatic carbocycles. The summed E-state index contributed by atoms with van der Waals surface area (Å²) in [6.45, 7) is 10.1. The first kappa shape index (κ1) is 21.5. The number of urea groups is 1. The maximum atomic E-state index is 12.5. The van der Waals surface area contributed by atoms with Crippen LogP contribution in [-0.2, 0) is 18.5 Å². The number of aromatic amines is 1. The Kier molecular flexibility index (Phi) is 6.06. The van der Waals surface area contributed by atoms with Crippen molar-refractivity contribution >= 4 is 28.3 Å². The summed E-state index contributed by atoms with van der Waals surface area (Å²) in [6.07, 6.45) is 0. The van der Waals surface area contributed by atoms with Gasteiger partial charge in [-0.3, -0.25) is 9.69 Å². The van der Waals surface area contributed by atoms with Gasteiger partial charge in [0.25, 0.3) is 5.56 Å². The number of benzene rings is 1. The van der Waals surface area contributed by atoms with Gasteiger partial charge < -0.3 is 15.2 Å². The molecule has 8 nitrogen and oxygen atoms in total. The van der Waals surface area contributed by atoms with Gasteiger partial charge in [-0.15, -0.1) is 11.3 Å². The Hall–Kier alpha value is -2.78. The first-order chi connectivity index (χ1) is 14.8. The molecule has 3 aromatic rings. The number of carbonyl (C=O) groups excluding carboxylic acids is 1. The topological polar surface area (TPSA) is 94.2 Å². The van der Waals surface area contributed by atoms with E-state index in [9.17, 15) is 9.59 Å². The molecule has 1 aliphatic rings. The Morgan fingerprint density at radius 2 is 1.90 bits per heavy atom. The molecule has 1 fully saturated rings. The van der Waals surface area contributed by atoms with Crippen LogP contribution in [0.5, 0.6) is 0 Å². The van der Waals surface area contributed by atoms with Crippen molar-refractivity contribution in [2.24, 2.45) is 0 Å². The second-order valence-electron chi connectivity index (χ2n) is 8.85.